The Morgan fingerprint density at radius 1 is 1.20 bits per heavy atom. The molecule has 1 fully saturated rings. The smallest absolute Gasteiger partial charge is 0.227 e. The molecule has 0 aliphatic heterocycles. The van der Waals surface area contributed by atoms with Crippen LogP contribution in [0.1, 0.15) is 51.1 Å². The fourth-order valence-corrected chi connectivity index (χ4v) is 3.99. The maximum absolute atomic E-state index is 6.32. The van der Waals surface area contributed by atoms with Gasteiger partial charge in [0.25, 0.3) is 0 Å². The van der Waals surface area contributed by atoms with E-state index >= 15 is 0 Å². The van der Waals surface area contributed by atoms with Gasteiger partial charge >= 0.3 is 0 Å². The third kappa shape index (κ3) is 4.27. The number of nitrogens with two attached hydrogens (primary N) is 2. The van der Waals surface area contributed by atoms with Crippen molar-refractivity contribution in [3.8, 4) is 0 Å². The molecule has 1 aromatic carbocycles. The lowest BCUT2D eigenvalue weighted by Gasteiger charge is -2.26. The van der Waals surface area contributed by atoms with Crippen LogP contribution in [0.2, 0.25) is 5.02 Å². The average molecular weight is 430 g/mol. The van der Waals surface area contributed by atoms with Gasteiger partial charge in [-0.15, -0.1) is 5.10 Å². The minimum atomic E-state index is 0.123. The topological polar surface area (TPSA) is 133 Å². The van der Waals surface area contributed by atoms with Crippen molar-refractivity contribution >= 4 is 40.2 Å². The van der Waals surface area contributed by atoms with Crippen LogP contribution >= 0.6 is 11.6 Å². The van der Waals surface area contributed by atoms with E-state index in [1.165, 1.54) is 0 Å². The average Bonchev–Trinajstić information content (AvgIpc) is 3.14. The van der Waals surface area contributed by atoms with Gasteiger partial charge in [0.2, 0.25) is 5.95 Å². The molecule has 2 heterocycles. The number of nitrogens with one attached hydrogen (secondary N) is 2. The van der Waals surface area contributed by atoms with E-state index in [-0.39, 0.29) is 12.1 Å². The van der Waals surface area contributed by atoms with Crippen molar-refractivity contribution in [3.05, 3.63) is 28.8 Å². The van der Waals surface area contributed by atoms with E-state index < -0.39 is 0 Å². The zero-order valence-corrected chi connectivity index (χ0v) is 18.0. The number of aromatic nitrogens is 5. The molecule has 0 saturated heterocycles. The Morgan fingerprint density at radius 3 is 2.67 bits per heavy atom. The van der Waals surface area contributed by atoms with Crippen LogP contribution in [0.4, 0.5) is 17.5 Å². The third-order valence-corrected chi connectivity index (χ3v) is 5.86. The van der Waals surface area contributed by atoms with Gasteiger partial charge in [0.15, 0.2) is 17.0 Å². The van der Waals surface area contributed by atoms with Crippen molar-refractivity contribution in [2.24, 2.45) is 5.73 Å². The second kappa shape index (κ2) is 8.61. The molecule has 0 atom stereocenters. The van der Waals surface area contributed by atoms with Gasteiger partial charge in [-0.3, -0.25) is 0 Å². The number of anilines is 3. The first kappa shape index (κ1) is 20.6. The lowest BCUT2D eigenvalue weighted by atomic mass is 9.92. The molecule has 4 rings (SSSR count). The first-order valence-electron chi connectivity index (χ1n) is 10.3. The van der Waals surface area contributed by atoms with Crippen LogP contribution in [0.3, 0.4) is 0 Å². The second-order valence-corrected chi connectivity index (χ2v) is 8.52. The Morgan fingerprint density at radius 2 is 1.97 bits per heavy atom. The fourth-order valence-electron chi connectivity index (χ4n) is 3.75. The lowest BCUT2D eigenvalue weighted by Crippen LogP contribution is -2.33. The summed E-state index contributed by atoms with van der Waals surface area (Å²) >= 11 is 6.32. The largest absolute Gasteiger partial charge is 0.398 e. The number of hydrogen-bond acceptors (Lipinski definition) is 8. The summed E-state index contributed by atoms with van der Waals surface area (Å²) in [6, 6.07) is 6.19. The number of nitrogens with zero attached hydrogens (tertiary/aromatic N) is 5. The van der Waals surface area contributed by atoms with Crippen molar-refractivity contribution in [1.29, 1.82) is 0 Å². The van der Waals surface area contributed by atoms with Crippen LogP contribution in [0.25, 0.3) is 11.2 Å². The third-order valence-electron chi connectivity index (χ3n) is 5.51. The van der Waals surface area contributed by atoms with E-state index in [0.717, 1.165) is 31.2 Å². The summed E-state index contributed by atoms with van der Waals surface area (Å²) < 4.78 is 1.80. The van der Waals surface area contributed by atoms with Crippen LogP contribution < -0.4 is 22.1 Å². The van der Waals surface area contributed by atoms with Gasteiger partial charge in [-0.05, 0) is 51.7 Å². The van der Waals surface area contributed by atoms with Crippen molar-refractivity contribution in [2.75, 3.05) is 16.4 Å². The van der Waals surface area contributed by atoms with Crippen LogP contribution in [0.15, 0.2) is 18.2 Å². The molecular formula is C20H28ClN9. The summed E-state index contributed by atoms with van der Waals surface area (Å²) in [6.07, 6.45) is 4.01. The maximum atomic E-state index is 6.32. The predicted octanol–water partition coefficient (Wildman–Crippen LogP) is 3.33. The molecule has 0 unspecified atom stereocenters. The van der Waals surface area contributed by atoms with Gasteiger partial charge in [-0.2, -0.15) is 9.97 Å². The molecule has 3 aromatic rings. The highest BCUT2D eigenvalue weighted by atomic mass is 35.5. The first-order chi connectivity index (χ1) is 14.4. The number of rotatable bonds is 6. The molecule has 2 aromatic heterocycles. The Labute approximate surface area is 180 Å². The summed E-state index contributed by atoms with van der Waals surface area (Å²) in [5.41, 5.74) is 14.9. The number of fused-ring (bicyclic) bond motifs is 1. The van der Waals surface area contributed by atoms with E-state index in [0.29, 0.717) is 46.2 Å². The number of nitrogen functional groups attached to an aromatic ring is 1. The molecule has 1 saturated carbocycles. The van der Waals surface area contributed by atoms with E-state index in [9.17, 15) is 0 Å². The quantitative estimate of drug-likeness (QED) is 0.438. The van der Waals surface area contributed by atoms with Gasteiger partial charge in [0, 0.05) is 34.9 Å². The molecule has 1 aliphatic carbocycles. The standard InChI is InChI=1S/C20H28ClN9/c1-11(2)30-19-17(28-29-30)18(24-10-14-15(21)4-3-5-16(14)23)26-20(27-19)25-13-8-6-12(22)7-9-13/h3-5,11-13H,6-10,22-23H2,1-2H3,(H2,24,25,26,27). The second-order valence-electron chi connectivity index (χ2n) is 8.11. The zero-order valence-electron chi connectivity index (χ0n) is 17.3. The summed E-state index contributed by atoms with van der Waals surface area (Å²) in [6.45, 7) is 4.51. The van der Waals surface area contributed by atoms with Gasteiger partial charge in [-0.1, -0.05) is 22.9 Å². The molecule has 0 spiro atoms. The highest BCUT2D eigenvalue weighted by molar-refractivity contribution is 6.31. The molecule has 0 bridgehead atoms. The van der Waals surface area contributed by atoms with Crippen LogP contribution in [-0.4, -0.2) is 37.0 Å². The maximum Gasteiger partial charge on any atom is 0.227 e. The summed E-state index contributed by atoms with van der Waals surface area (Å²) in [4.78, 5) is 9.41. The van der Waals surface area contributed by atoms with Crippen molar-refractivity contribution in [2.45, 2.75) is 64.2 Å². The molecule has 10 heteroatoms. The number of benzene rings is 1. The Balaban J connectivity index is 1.65. The molecule has 30 heavy (non-hydrogen) atoms. The molecule has 0 amide bonds. The highest BCUT2D eigenvalue weighted by Crippen LogP contribution is 2.27. The molecule has 9 nitrogen and oxygen atoms in total. The summed E-state index contributed by atoms with van der Waals surface area (Å²) in [5, 5.41) is 16.0. The van der Waals surface area contributed by atoms with Crippen LogP contribution in [0, 0.1) is 0 Å². The van der Waals surface area contributed by atoms with E-state index in [1.54, 1.807) is 4.68 Å². The van der Waals surface area contributed by atoms with Gasteiger partial charge in [0.1, 0.15) is 0 Å². The minimum absolute atomic E-state index is 0.123. The molecule has 160 valence electrons. The Kier molecular flexibility index (Phi) is 5.92. The molecule has 0 radical (unpaired) electrons. The van der Waals surface area contributed by atoms with Crippen molar-refractivity contribution < 1.29 is 0 Å². The predicted molar refractivity (Wildman–Crippen MR) is 121 cm³/mol. The van der Waals surface area contributed by atoms with Crippen molar-refractivity contribution in [3.63, 3.8) is 0 Å². The molecule has 6 N–H and O–H groups in total. The molecule has 1 aliphatic rings. The number of hydrogen-bond donors (Lipinski definition) is 4. The SMILES string of the molecule is CC(C)n1nnc2c(NCc3c(N)cccc3Cl)nc(NC3CCC(N)CC3)nc21. The number of halogens is 1. The van der Waals surface area contributed by atoms with Crippen molar-refractivity contribution in [1.82, 2.24) is 25.0 Å². The summed E-state index contributed by atoms with van der Waals surface area (Å²) in [7, 11) is 0. The fraction of sp³-hybridized carbons (Fsp3) is 0.500. The van der Waals surface area contributed by atoms with Gasteiger partial charge < -0.3 is 22.1 Å². The summed E-state index contributed by atoms with van der Waals surface area (Å²) in [5.74, 6) is 1.16. The zero-order chi connectivity index (χ0) is 21.3. The van der Waals surface area contributed by atoms with Gasteiger partial charge in [0.05, 0.1) is 6.04 Å². The van der Waals surface area contributed by atoms with Gasteiger partial charge in [-0.25, -0.2) is 4.68 Å². The Bertz CT molecular complexity index is 1000. The van der Waals surface area contributed by atoms with E-state index in [2.05, 4.69) is 20.9 Å². The van der Waals surface area contributed by atoms with E-state index in [4.69, 9.17) is 33.0 Å². The first-order valence-corrected chi connectivity index (χ1v) is 10.7. The normalized spacial score (nSPS) is 19.4. The lowest BCUT2D eigenvalue weighted by molar-refractivity contribution is 0.410. The minimum Gasteiger partial charge on any atom is -0.398 e. The molecular weight excluding hydrogens is 402 g/mol. The highest BCUT2D eigenvalue weighted by Gasteiger charge is 2.21. The van der Waals surface area contributed by atoms with Crippen LogP contribution in [0.5, 0.6) is 0 Å². The Hall–Kier alpha value is -2.65. The van der Waals surface area contributed by atoms with Crippen LogP contribution in [-0.2, 0) is 6.54 Å². The monoisotopic (exact) mass is 429 g/mol. The van der Waals surface area contributed by atoms with E-state index in [1.807, 2.05) is 32.0 Å².